The van der Waals surface area contributed by atoms with E-state index in [0.29, 0.717) is 6.42 Å². The molecule has 1 aromatic carbocycles. The first-order valence-corrected chi connectivity index (χ1v) is 12.1. The fourth-order valence-electron chi connectivity index (χ4n) is 3.86. The zero-order valence-electron chi connectivity index (χ0n) is 21.0. The summed E-state index contributed by atoms with van der Waals surface area (Å²) in [6, 6.07) is 7.56. The third-order valence-electron chi connectivity index (χ3n) is 6.14. The Labute approximate surface area is 202 Å². The summed E-state index contributed by atoms with van der Waals surface area (Å²) in [6.07, 6.45) is 0.207. The van der Waals surface area contributed by atoms with Gasteiger partial charge in [-0.1, -0.05) is 78.3 Å². The Morgan fingerprint density at radius 1 is 1.03 bits per heavy atom. The van der Waals surface area contributed by atoms with E-state index in [4.69, 9.17) is 9.47 Å². The molecule has 0 saturated carbocycles. The highest BCUT2D eigenvalue weighted by atomic mass is 16.6. The lowest BCUT2D eigenvalue weighted by atomic mass is 9.82. The smallest absolute Gasteiger partial charge is 0.329 e. The van der Waals surface area contributed by atoms with Crippen LogP contribution in [-0.4, -0.2) is 41.9 Å². The minimum atomic E-state index is -0.901. The highest BCUT2D eigenvalue weighted by molar-refractivity contribution is 5.97. The van der Waals surface area contributed by atoms with Gasteiger partial charge in [0.05, 0.1) is 0 Å². The van der Waals surface area contributed by atoms with Crippen molar-refractivity contribution in [1.82, 2.24) is 10.6 Å². The van der Waals surface area contributed by atoms with Crippen molar-refractivity contribution in [2.75, 3.05) is 0 Å². The van der Waals surface area contributed by atoms with Gasteiger partial charge in [0, 0.05) is 0 Å². The standard InChI is InChI=1S/C26H38N2O6/c1-7-17(6)20-22(34-25(20)31)24(30)27-19(13-15(2)3)23(29)28-21(16(4)5)26(32)33-14-18-11-9-8-10-12-18/h8-12,15-17,19-22H,7,13-14H2,1-6H3,(H,27,30)(H,28,29). The lowest BCUT2D eigenvalue weighted by Crippen LogP contribution is -2.60. The number of esters is 2. The second-order valence-electron chi connectivity index (χ2n) is 9.78. The van der Waals surface area contributed by atoms with E-state index in [-0.39, 0.29) is 30.3 Å². The van der Waals surface area contributed by atoms with Crippen molar-refractivity contribution >= 4 is 23.8 Å². The van der Waals surface area contributed by atoms with Gasteiger partial charge < -0.3 is 20.1 Å². The van der Waals surface area contributed by atoms with Crippen molar-refractivity contribution in [3.63, 3.8) is 0 Å². The highest BCUT2D eigenvalue weighted by Crippen LogP contribution is 2.31. The van der Waals surface area contributed by atoms with Gasteiger partial charge in [0.2, 0.25) is 5.91 Å². The largest absolute Gasteiger partial charge is 0.459 e. The third kappa shape index (κ3) is 7.30. The number of benzene rings is 1. The van der Waals surface area contributed by atoms with Gasteiger partial charge in [-0.25, -0.2) is 4.79 Å². The molecular weight excluding hydrogens is 436 g/mol. The van der Waals surface area contributed by atoms with Crippen molar-refractivity contribution in [2.45, 2.75) is 79.2 Å². The van der Waals surface area contributed by atoms with Crippen molar-refractivity contribution in [1.29, 1.82) is 0 Å². The summed E-state index contributed by atoms with van der Waals surface area (Å²) in [5.41, 5.74) is 0.848. The Hall–Kier alpha value is -2.90. The minimum Gasteiger partial charge on any atom is -0.459 e. The van der Waals surface area contributed by atoms with E-state index < -0.39 is 41.9 Å². The molecule has 0 bridgehead atoms. The highest BCUT2D eigenvalue weighted by Gasteiger charge is 2.50. The molecule has 2 N–H and O–H groups in total. The maximum absolute atomic E-state index is 13.1. The van der Waals surface area contributed by atoms with E-state index in [2.05, 4.69) is 10.6 Å². The van der Waals surface area contributed by atoms with Gasteiger partial charge in [-0.3, -0.25) is 14.4 Å². The van der Waals surface area contributed by atoms with Crippen LogP contribution in [0.25, 0.3) is 0 Å². The number of cyclic esters (lactones) is 1. The van der Waals surface area contributed by atoms with Crippen molar-refractivity contribution in [3.05, 3.63) is 35.9 Å². The summed E-state index contributed by atoms with van der Waals surface area (Å²) in [4.78, 5) is 50.6. The summed E-state index contributed by atoms with van der Waals surface area (Å²) >= 11 is 0. The topological polar surface area (TPSA) is 111 Å². The molecule has 1 aliphatic heterocycles. The molecule has 2 rings (SSSR count). The van der Waals surface area contributed by atoms with E-state index in [0.717, 1.165) is 12.0 Å². The molecule has 5 unspecified atom stereocenters. The number of carbonyl (C=O) groups excluding carboxylic acids is 4. The monoisotopic (exact) mass is 474 g/mol. The maximum atomic E-state index is 13.1. The Bertz CT molecular complexity index is 854. The third-order valence-corrected chi connectivity index (χ3v) is 6.14. The molecule has 0 aliphatic carbocycles. The van der Waals surface area contributed by atoms with Crippen LogP contribution in [0.1, 0.15) is 59.9 Å². The lowest BCUT2D eigenvalue weighted by Gasteiger charge is -2.38. The van der Waals surface area contributed by atoms with Gasteiger partial charge in [-0.15, -0.1) is 0 Å². The first kappa shape index (κ1) is 27.3. The fraction of sp³-hybridized carbons (Fsp3) is 0.615. The number of hydrogen-bond donors (Lipinski definition) is 2. The van der Waals surface area contributed by atoms with Crippen molar-refractivity contribution in [2.24, 2.45) is 23.7 Å². The van der Waals surface area contributed by atoms with Gasteiger partial charge >= 0.3 is 11.9 Å². The number of amides is 2. The van der Waals surface area contributed by atoms with Crippen LogP contribution in [0.4, 0.5) is 0 Å². The van der Waals surface area contributed by atoms with Gasteiger partial charge in [0.1, 0.15) is 24.6 Å². The van der Waals surface area contributed by atoms with Crippen molar-refractivity contribution < 1.29 is 28.7 Å². The van der Waals surface area contributed by atoms with E-state index in [1.165, 1.54) is 0 Å². The van der Waals surface area contributed by atoms with Crippen LogP contribution in [0.2, 0.25) is 0 Å². The number of ether oxygens (including phenoxy) is 2. The van der Waals surface area contributed by atoms with Gasteiger partial charge in [-0.05, 0) is 29.7 Å². The summed E-state index contributed by atoms with van der Waals surface area (Å²) in [6.45, 7) is 11.5. The molecule has 1 heterocycles. The Morgan fingerprint density at radius 3 is 2.21 bits per heavy atom. The predicted octanol–water partition coefficient (Wildman–Crippen LogP) is 2.99. The Morgan fingerprint density at radius 2 is 1.68 bits per heavy atom. The second-order valence-corrected chi connectivity index (χ2v) is 9.78. The van der Waals surface area contributed by atoms with Gasteiger partial charge in [-0.2, -0.15) is 0 Å². The van der Waals surface area contributed by atoms with Crippen LogP contribution in [0.3, 0.4) is 0 Å². The molecule has 8 heteroatoms. The maximum Gasteiger partial charge on any atom is 0.329 e. The molecule has 2 amide bonds. The molecule has 0 radical (unpaired) electrons. The van der Waals surface area contributed by atoms with Gasteiger partial charge in [0.15, 0.2) is 6.10 Å². The second kappa shape index (κ2) is 12.5. The van der Waals surface area contributed by atoms with E-state index in [1.54, 1.807) is 0 Å². The first-order chi connectivity index (χ1) is 16.0. The quantitative estimate of drug-likeness (QED) is 0.451. The zero-order chi connectivity index (χ0) is 25.4. The Balaban J connectivity index is 2.04. The molecule has 1 aliphatic rings. The molecule has 34 heavy (non-hydrogen) atoms. The van der Waals surface area contributed by atoms with Crippen LogP contribution in [0.5, 0.6) is 0 Å². The SMILES string of the molecule is CCC(C)C1C(=O)OC1C(=O)NC(CC(C)C)C(=O)NC(C(=O)OCc1ccccc1)C(C)C. The number of nitrogens with one attached hydrogen (secondary N) is 2. The van der Waals surface area contributed by atoms with E-state index in [9.17, 15) is 19.2 Å². The molecule has 1 saturated heterocycles. The van der Waals surface area contributed by atoms with E-state index >= 15 is 0 Å². The molecule has 1 aromatic rings. The Kier molecular flexibility index (Phi) is 10.1. The molecule has 0 spiro atoms. The molecule has 188 valence electrons. The normalized spacial score (nSPS) is 20.1. The fourth-order valence-corrected chi connectivity index (χ4v) is 3.86. The van der Waals surface area contributed by atoms with Gasteiger partial charge in [0.25, 0.3) is 5.91 Å². The summed E-state index contributed by atoms with van der Waals surface area (Å²) < 4.78 is 10.5. The molecular formula is C26H38N2O6. The molecule has 0 aromatic heterocycles. The van der Waals surface area contributed by atoms with Crippen LogP contribution in [0, 0.1) is 23.7 Å². The minimum absolute atomic E-state index is 0.000850. The first-order valence-electron chi connectivity index (χ1n) is 12.1. The summed E-state index contributed by atoms with van der Waals surface area (Å²) in [5, 5.41) is 5.50. The van der Waals surface area contributed by atoms with Crippen LogP contribution in [0.15, 0.2) is 30.3 Å². The number of rotatable bonds is 12. The van der Waals surface area contributed by atoms with Crippen LogP contribution >= 0.6 is 0 Å². The number of carbonyl (C=O) groups is 4. The molecule has 1 fully saturated rings. The van der Waals surface area contributed by atoms with Crippen LogP contribution < -0.4 is 10.6 Å². The molecule has 5 atom stereocenters. The zero-order valence-corrected chi connectivity index (χ0v) is 21.0. The summed E-state index contributed by atoms with van der Waals surface area (Å²) in [5.74, 6) is -2.50. The average Bonchev–Trinajstić information content (AvgIpc) is 2.78. The van der Waals surface area contributed by atoms with Crippen molar-refractivity contribution in [3.8, 4) is 0 Å². The van der Waals surface area contributed by atoms with Crippen LogP contribution in [-0.2, 0) is 35.3 Å². The lowest BCUT2D eigenvalue weighted by molar-refractivity contribution is -0.193. The molecule has 8 nitrogen and oxygen atoms in total. The average molecular weight is 475 g/mol. The summed E-state index contributed by atoms with van der Waals surface area (Å²) in [7, 11) is 0. The predicted molar refractivity (Wildman–Crippen MR) is 127 cm³/mol. The van der Waals surface area contributed by atoms with E-state index in [1.807, 2.05) is 71.9 Å². The number of hydrogen-bond acceptors (Lipinski definition) is 6.